The molecule has 8 heteroatoms. The number of nitrogens with zero attached hydrogens (tertiary/aromatic N) is 5. The van der Waals surface area contributed by atoms with E-state index in [1.54, 1.807) is 12.3 Å². The predicted molar refractivity (Wildman–Crippen MR) is 99.7 cm³/mol. The minimum Gasteiger partial charge on any atom is -0.494 e. The Balaban J connectivity index is 1.61. The number of nitro benzene ring substituents is 1. The number of fused-ring (bicyclic) bond motifs is 1. The summed E-state index contributed by atoms with van der Waals surface area (Å²) in [4.78, 5) is 26.1. The van der Waals surface area contributed by atoms with Crippen molar-refractivity contribution in [1.29, 1.82) is 0 Å². The van der Waals surface area contributed by atoms with Gasteiger partial charge in [-0.25, -0.2) is 9.97 Å². The van der Waals surface area contributed by atoms with Gasteiger partial charge in [0.25, 0.3) is 5.69 Å². The van der Waals surface area contributed by atoms with Crippen LogP contribution in [0.4, 0.5) is 11.4 Å². The molecule has 27 heavy (non-hydrogen) atoms. The molecule has 0 amide bonds. The number of pyridine rings is 1. The molecule has 1 aliphatic heterocycles. The van der Waals surface area contributed by atoms with Crippen LogP contribution in [0.25, 0.3) is 11.5 Å². The van der Waals surface area contributed by atoms with E-state index >= 15 is 0 Å². The van der Waals surface area contributed by atoms with E-state index in [1.807, 2.05) is 24.4 Å². The van der Waals surface area contributed by atoms with Crippen molar-refractivity contribution in [2.45, 2.75) is 13.0 Å². The molecule has 0 atom stereocenters. The van der Waals surface area contributed by atoms with Crippen molar-refractivity contribution in [1.82, 2.24) is 15.0 Å². The summed E-state index contributed by atoms with van der Waals surface area (Å²) >= 11 is 0. The Labute approximate surface area is 155 Å². The van der Waals surface area contributed by atoms with Gasteiger partial charge in [0.05, 0.1) is 29.5 Å². The molecule has 3 aromatic rings. The quantitative estimate of drug-likeness (QED) is 0.519. The van der Waals surface area contributed by atoms with Crippen LogP contribution in [0.15, 0.2) is 48.8 Å². The van der Waals surface area contributed by atoms with E-state index in [4.69, 9.17) is 4.74 Å². The van der Waals surface area contributed by atoms with Crippen molar-refractivity contribution in [3.8, 4) is 17.3 Å². The number of methoxy groups -OCH3 is 1. The Morgan fingerprint density at radius 2 is 2.11 bits per heavy atom. The lowest BCUT2D eigenvalue weighted by Crippen LogP contribution is -2.31. The molecule has 0 aliphatic carbocycles. The standard InChI is InChI=1S/C19H17N5O3/c1-27-18-10-14(24(25)26)5-6-17(18)23-9-7-15-13(12-23)11-21-19(22-15)16-4-2-3-8-20-16/h2-6,8,10-11H,7,9,12H2,1H3. The summed E-state index contributed by atoms with van der Waals surface area (Å²) in [7, 11) is 1.52. The highest BCUT2D eigenvalue weighted by Gasteiger charge is 2.23. The molecule has 1 aromatic carbocycles. The topological polar surface area (TPSA) is 94.3 Å². The number of ether oxygens (including phenoxy) is 1. The van der Waals surface area contributed by atoms with Crippen LogP contribution in [0.1, 0.15) is 11.3 Å². The van der Waals surface area contributed by atoms with Gasteiger partial charge in [-0.05, 0) is 18.2 Å². The lowest BCUT2D eigenvalue weighted by Gasteiger charge is -2.31. The molecule has 0 spiro atoms. The Kier molecular flexibility index (Phi) is 4.37. The lowest BCUT2D eigenvalue weighted by atomic mass is 10.1. The minimum absolute atomic E-state index is 0.0105. The van der Waals surface area contributed by atoms with Gasteiger partial charge in [0.1, 0.15) is 11.4 Å². The number of rotatable bonds is 4. The molecule has 0 saturated heterocycles. The zero-order valence-corrected chi connectivity index (χ0v) is 14.7. The molecule has 0 saturated carbocycles. The number of benzene rings is 1. The van der Waals surface area contributed by atoms with Gasteiger partial charge >= 0.3 is 0 Å². The van der Waals surface area contributed by atoms with Crippen molar-refractivity contribution >= 4 is 11.4 Å². The van der Waals surface area contributed by atoms with E-state index in [2.05, 4.69) is 19.9 Å². The number of non-ortho nitro benzene ring substituents is 1. The smallest absolute Gasteiger partial charge is 0.273 e. The molecule has 0 N–H and O–H groups in total. The van der Waals surface area contributed by atoms with Crippen molar-refractivity contribution in [3.05, 3.63) is 70.2 Å². The predicted octanol–water partition coefficient (Wildman–Crippen LogP) is 3.02. The molecule has 0 unspecified atom stereocenters. The molecule has 8 nitrogen and oxygen atoms in total. The van der Waals surface area contributed by atoms with Gasteiger partial charge in [0.2, 0.25) is 0 Å². The van der Waals surface area contributed by atoms with Crippen LogP contribution in [-0.2, 0) is 13.0 Å². The highest BCUT2D eigenvalue weighted by Crippen LogP contribution is 2.34. The van der Waals surface area contributed by atoms with E-state index in [9.17, 15) is 10.1 Å². The lowest BCUT2D eigenvalue weighted by molar-refractivity contribution is -0.384. The largest absolute Gasteiger partial charge is 0.494 e. The van der Waals surface area contributed by atoms with Gasteiger partial charge in [0.15, 0.2) is 5.82 Å². The van der Waals surface area contributed by atoms with Gasteiger partial charge in [-0.15, -0.1) is 0 Å². The van der Waals surface area contributed by atoms with E-state index in [1.165, 1.54) is 19.2 Å². The van der Waals surface area contributed by atoms with Gasteiger partial charge in [-0.1, -0.05) is 6.07 Å². The number of aromatic nitrogens is 3. The normalized spacial score (nSPS) is 13.1. The van der Waals surface area contributed by atoms with Crippen molar-refractivity contribution in [2.75, 3.05) is 18.6 Å². The Morgan fingerprint density at radius 1 is 1.22 bits per heavy atom. The summed E-state index contributed by atoms with van der Waals surface area (Å²) in [5.74, 6) is 1.11. The number of nitro groups is 1. The highest BCUT2D eigenvalue weighted by atomic mass is 16.6. The molecule has 2 aromatic heterocycles. The summed E-state index contributed by atoms with van der Waals surface area (Å²) in [5, 5.41) is 11.0. The van der Waals surface area contributed by atoms with Crippen LogP contribution < -0.4 is 9.64 Å². The van der Waals surface area contributed by atoms with Gasteiger partial charge < -0.3 is 9.64 Å². The molecule has 0 radical (unpaired) electrons. The van der Waals surface area contributed by atoms with Crippen LogP contribution in [0.5, 0.6) is 5.75 Å². The van der Waals surface area contributed by atoms with Crippen molar-refractivity contribution in [3.63, 3.8) is 0 Å². The molecule has 1 aliphatic rings. The molecule has 0 bridgehead atoms. The molecule has 4 rings (SSSR count). The monoisotopic (exact) mass is 363 g/mol. The molecule has 0 fully saturated rings. The minimum atomic E-state index is -0.426. The Bertz CT molecular complexity index is 994. The van der Waals surface area contributed by atoms with E-state index in [0.29, 0.717) is 18.1 Å². The number of hydrogen-bond acceptors (Lipinski definition) is 7. The molecule has 136 valence electrons. The van der Waals surface area contributed by atoms with Crippen molar-refractivity contribution in [2.24, 2.45) is 0 Å². The molecular formula is C19H17N5O3. The van der Waals surface area contributed by atoms with Gasteiger partial charge in [0, 0.05) is 43.5 Å². The van der Waals surface area contributed by atoms with Crippen LogP contribution in [0.2, 0.25) is 0 Å². The molecule has 3 heterocycles. The van der Waals surface area contributed by atoms with Gasteiger partial charge in [-0.2, -0.15) is 0 Å². The molecular weight excluding hydrogens is 346 g/mol. The fourth-order valence-electron chi connectivity index (χ4n) is 3.18. The average Bonchev–Trinajstić information content (AvgIpc) is 2.73. The zero-order valence-electron chi connectivity index (χ0n) is 14.7. The van der Waals surface area contributed by atoms with E-state index < -0.39 is 4.92 Å². The first-order valence-corrected chi connectivity index (χ1v) is 8.49. The summed E-state index contributed by atoms with van der Waals surface area (Å²) in [5.41, 5.74) is 3.61. The fourth-order valence-corrected chi connectivity index (χ4v) is 3.18. The van der Waals surface area contributed by atoms with E-state index in [0.717, 1.165) is 35.6 Å². The Morgan fingerprint density at radius 3 is 2.85 bits per heavy atom. The Hall–Kier alpha value is -3.55. The summed E-state index contributed by atoms with van der Waals surface area (Å²) < 4.78 is 5.37. The first kappa shape index (κ1) is 16.9. The SMILES string of the molecule is COc1cc([N+](=O)[O-])ccc1N1CCc2nc(-c3ccccn3)ncc2C1. The fraction of sp³-hybridized carbons (Fsp3) is 0.211. The first-order chi connectivity index (χ1) is 13.2. The third kappa shape index (κ3) is 3.29. The summed E-state index contributed by atoms with van der Waals surface area (Å²) in [6.45, 7) is 1.35. The van der Waals surface area contributed by atoms with Gasteiger partial charge in [-0.3, -0.25) is 15.1 Å². The third-order valence-corrected chi connectivity index (χ3v) is 4.54. The maximum Gasteiger partial charge on any atom is 0.273 e. The van der Waals surface area contributed by atoms with Crippen LogP contribution >= 0.6 is 0 Å². The summed E-state index contributed by atoms with van der Waals surface area (Å²) in [6, 6.07) is 10.3. The van der Waals surface area contributed by atoms with E-state index in [-0.39, 0.29) is 5.69 Å². The first-order valence-electron chi connectivity index (χ1n) is 8.49. The second-order valence-electron chi connectivity index (χ2n) is 6.17. The maximum atomic E-state index is 11.0. The second-order valence-corrected chi connectivity index (χ2v) is 6.17. The zero-order chi connectivity index (χ0) is 18.8. The second kappa shape index (κ2) is 6.99. The van der Waals surface area contributed by atoms with Crippen LogP contribution in [0, 0.1) is 10.1 Å². The van der Waals surface area contributed by atoms with Crippen LogP contribution in [-0.4, -0.2) is 33.5 Å². The third-order valence-electron chi connectivity index (χ3n) is 4.54. The van der Waals surface area contributed by atoms with Crippen molar-refractivity contribution < 1.29 is 9.66 Å². The summed E-state index contributed by atoms with van der Waals surface area (Å²) in [6.07, 6.45) is 4.30. The average molecular weight is 363 g/mol. The number of hydrogen-bond donors (Lipinski definition) is 0. The van der Waals surface area contributed by atoms with Crippen LogP contribution in [0.3, 0.4) is 0 Å². The maximum absolute atomic E-state index is 11.0. The highest BCUT2D eigenvalue weighted by molar-refractivity contribution is 5.63. The number of anilines is 1.